The van der Waals surface area contributed by atoms with Crippen molar-refractivity contribution in [2.24, 2.45) is 0 Å². The minimum atomic E-state index is -0.559. The smallest absolute Gasteiger partial charge is 0.426 e. The van der Waals surface area contributed by atoms with E-state index in [9.17, 15) is 9.18 Å². The molecule has 3 heterocycles. The van der Waals surface area contributed by atoms with Gasteiger partial charge in [-0.2, -0.15) is 4.99 Å². The molecule has 2 aromatic carbocycles. The Morgan fingerprint density at radius 3 is 2.82 bits per heavy atom. The molecule has 1 amide bonds. The first-order valence-electron chi connectivity index (χ1n) is 8.99. The van der Waals surface area contributed by atoms with Crippen LogP contribution >= 0.6 is 11.3 Å². The number of benzene rings is 2. The average Bonchev–Trinajstić information content (AvgIpc) is 2.99. The fourth-order valence-electron chi connectivity index (χ4n) is 3.69. The van der Waals surface area contributed by atoms with Crippen molar-refractivity contribution < 1.29 is 23.7 Å². The van der Waals surface area contributed by atoms with E-state index in [4.69, 9.17) is 9.47 Å². The molecule has 0 saturated carbocycles. The SMILES string of the molecule is CC1=Cc2cc3c(cc2=C(c2sc4cccc(F)c4c2C)O1)OC(C)C(=O)[NH+]=3. The number of rotatable bonds is 1. The minimum absolute atomic E-state index is 0.166. The summed E-state index contributed by atoms with van der Waals surface area (Å²) in [5, 5.41) is 2.14. The van der Waals surface area contributed by atoms with Crippen LogP contribution in [-0.4, -0.2) is 12.0 Å². The third kappa shape index (κ3) is 2.48. The number of allylic oxidation sites excluding steroid dienone is 1. The molecule has 6 heteroatoms. The normalized spacial score (nSPS) is 18.0. The second-order valence-corrected chi connectivity index (χ2v) is 8.09. The summed E-state index contributed by atoms with van der Waals surface area (Å²) in [4.78, 5) is 15.7. The van der Waals surface area contributed by atoms with Crippen molar-refractivity contribution in [3.8, 4) is 5.75 Å². The highest BCUT2D eigenvalue weighted by Crippen LogP contribution is 2.37. The molecule has 0 radical (unpaired) electrons. The van der Waals surface area contributed by atoms with E-state index >= 15 is 0 Å². The van der Waals surface area contributed by atoms with Gasteiger partial charge in [-0.1, -0.05) is 6.07 Å². The molecular weight excluding hydrogens is 377 g/mol. The number of nitrogens with one attached hydrogen (secondary N) is 1. The molecule has 3 aromatic rings. The second-order valence-electron chi connectivity index (χ2n) is 7.04. The molecule has 0 spiro atoms. The predicted octanol–water partition coefficient (Wildman–Crippen LogP) is 1.90. The number of halogens is 1. The summed E-state index contributed by atoms with van der Waals surface area (Å²) in [6.45, 7) is 5.50. The summed E-state index contributed by atoms with van der Waals surface area (Å²) in [7, 11) is 0. The number of thiophene rings is 1. The van der Waals surface area contributed by atoms with Crippen LogP contribution in [0.25, 0.3) is 21.9 Å². The Balaban J connectivity index is 1.84. The fourth-order valence-corrected chi connectivity index (χ4v) is 4.91. The third-order valence-electron chi connectivity index (χ3n) is 5.06. The number of hydrogen-bond acceptors (Lipinski definition) is 4. The average molecular weight is 394 g/mol. The van der Waals surface area contributed by atoms with Crippen molar-refractivity contribution in [3.63, 3.8) is 0 Å². The van der Waals surface area contributed by atoms with Crippen molar-refractivity contribution in [2.75, 3.05) is 0 Å². The maximum Gasteiger partial charge on any atom is 0.426 e. The Labute approximate surface area is 164 Å². The van der Waals surface area contributed by atoms with Crippen LogP contribution in [0.3, 0.4) is 0 Å². The molecule has 5 rings (SSSR count). The first kappa shape index (κ1) is 17.1. The number of aryl methyl sites for hydroxylation is 1. The van der Waals surface area contributed by atoms with Gasteiger partial charge in [-0.05, 0) is 56.2 Å². The number of ether oxygens (including phenoxy) is 2. The maximum absolute atomic E-state index is 14.4. The van der Waals surface area contributed by atoms with Crippen LogP contribution in [0, 0.1) is 12.7 Å². The topological polar surface area (TPSA) is 49.5 Å². The Morgan fingerprint density at radius 2 is 2.04 bits per heavy atom. The number of carbonyl (C=O) groups excluding carboxylic acids is 1. The molecule has 4 nitrogen and oxygen atoms in total. The zero-order valence-electron chi connectivity index (χ0n) is 15.6. The molecule has 1 unspecified atom stereocenters. The van der Waals surface area contributed by atoms with Gasteiger partial charge in [0.25, 0.3) is 0 Å². The molecule has 0 aliphatic carbocycles. The third-order valence-corrected chi connectivity index (χ3v) is 6.31. The lowest BCUT2D eigenvalue weighted by Gasteiger charge is -2.18. The molecular formula is C22H17FNO3S+. The van der Waals surface area contributed by atoms with Gasteiger partial charge < -0.3 is 9.47 Å². The van der Waals surface area contributed by atoms with Crippen molar-refractivity contribution in [3.05, 3.63) is 68.5 Å². The van der Waals surface area contributed by atoms with Crippen LogP contribution in [0.2, 0.25) is 0 Å². The quantitative estimate of drug-likeness (QED) is 0.686. The van der Waals surface area contributed by atoms with E-state index in [1.54, 1.807) is 13.0 Å². The first-order valence-corrected chi connectivity index (χ1v) is 9.81. The number of amides is 1. The molecule has 1 atom stereocenters. The lowest BCUT2D eigenvalue weighted by molar-refractivity contribution is -0.429. The van der Waals surface area contributed by atoms with Gasteiger partial charge in [0.2, 0.25) is 11.5 Å². The van der Waals surface area contributed by atoms with Gasteiger partial charge >= 0.3 is 5.91 Å². The Morgan fingerprint density at radius 1 is 1.21 bits per heavy atom. The van der Waals surface area contributed by atoms with Crippen LogP contribution < -0.4 is 20.3 Å². The lowest BCUT2D eigenvalue weighted by Crippen LogP contribution is -2.85. The summed E-state index contributed by atoms with van der Waals surface area (Å²) in [5.74, 6) is 1.62. The monoisotopic (exact) mass is 394 g/mol. The molecule has 140 valence electrons. The summed E-state index contributed by atoms with van der Waals surface area (Å²) < 4.78 is 27.2. The highest BCUT2D eigenvalue weighted by molar-refractivity contribution is 7.20. The van der Waals surface area contributed by atoms with Crippen LogP contribution in [0.5, 0.6) is 5.75 Å². The molecule has 1 N–H and O–H groups in total. The Bertz CT molecular complexity index is 1340. The van der Waals surface area contributed by atoms with E-state index in [2.05, 4.69) is 4.99 Å². The molecule has 2 aliphatic heterocycles. The molecule has 0 bridgehead atoms. The zero-order valence-corrected chi connectivity index (χ0v) is 16.4. The standard InChI is InChI=1S/C22H16FNO3S/c1-10-7-13-8-16-17(27-12(3)22(25)24-16)9-14(13)20(26-10)21-11(2)19-15(23)5-4-6-18(19)28-21/h4-9,12H,1-3H3/p+1. The molecule has 0 fully saturated rings. The van der Waals surface area contributed by atoms with Crippen molar-refractivity contribution in [1.29, 1.82) is 0 Å². The highest BCUT2D eigenvalue weighted by Gasteiger charge is 2.28. The van der Waals surface area contributed by atoms with Gasteiger partial charge in [-0.3, -0.25) is 0 Å². The summed E-state index contributed by atoms with van der Waals surface area (Å²) in [6.07, 6.45) is 1.36. The zero-order chi connectivity index (χ0) is 19.6. The van der Waals surface area contributed by atoms with E-state index in [0.29, 0.717) is 22.3 Å². The largest absolute Gasteiger partial charge is 0.469 e. The van der Waals surface area contributed by atoms with Crippen molar-refractivity contribution in [1.82, 2.24) is 0 Å². The lowest BCUT2D eigenvalue weighted by atomic mass is 10.0. The predicted molar refractivity (Wildman–Crippen MR) is 105 cm³/mol. The minimum Gasteiger partial charge on any atom is -0.469 e. The van der Waals surface area contributed by atoms with Gasteiger partial charge in [-0.25, -0.2) is 9.18 Å². The van der Waals surface area contributed by atoms with E-state index in [-0.39, 0.29) is 11.7 Å². The Kier molecular flexibility index (Phi) is 3.67. The van der Waals surface area contributed by atoms with E-state index in [1.165, 1.54) is 17.4 Å². The fraction of sp³-hybridized carbons (Fsp3) is 0.182. The van der Waals surface area contributed by atoms with Crippen molar-refractivity contribution >= 4 is 39.2 Å². The van der Waals surface area contributed by atoms with Gasteiger partial charge in [0.05, 0.1) is 4.88 Å². The number of fused-ring (bicyclic) bond motifs is 3. The van der Waals surface area contributed by atoms with E-state index in [0.717, 1.165) is 31.7 Å². The summed E-state index contributed by atoms with van der Waals surface area (Å²) >= 11 is 1.51. The van der Waals surface area contributed by atoms with Gasteiger partial charge in [0.15, 0.2) is 11.5 Å². The van der Waals surface area contributed by atoms with Crippen LogP contribution in [-0.2, 0) is 9.53 Å². The van der Waals surface area contributed by atoms with Gasteiger partial charge in [-0.15, -0.1) is 11.3 Å². The van der Waals surface area contributed by atoms with Gasteiger partial charge in [0, 0.05) is 21.4 Å². The summed E-state index contributed by atoms with van der Waals surface area (Å²) in [6, 6.07) is 8.89. The summed E-state index contributed by atoms with van der Waals surface area (Å²) in [5.41, 5.74) is 1.78. The van der Waals surface area contributed by atoms with E-state index < -0.39 is 6.10 Å². The van der Waals surface area contributed by atoms with Crippen LogP contribution in [0.4, 0.5) is 4.39 Å². The highest BCUT2D eigenvalue weighted by atomic mass is 32.1. The van der Waals surface area contributed by atoms with Crippen LogP contribution in [0.15, 0.2) is 36.1 Å². The molecule has 28 heavy (non-hydrogen) atoms. The number of carbonyl (C=O) groups is 1. The number of hydrogen-bond donors (Lipinski definition) is 1. The van der Waals surface area contributed by atoms with E-state index in [1.807, 2.05) is 38.1 Å². The van der Waals surface area contributed by atoms with Gasteiger partial charge in [0.1, 0.15) is 11.6 Å². The molecule has 2 aliphatic rings. The maximum atomic E-state index is 14.4. The Hall–Kier alpha value is -2.99. The first-order chi connectivity index (χ1) is 13.4. The van der Waals surface area contributed by atoms with Crippen molar-refractivity contribution in [2.45, 2.75) is 26.9 Å². The second kappa shape index (κ2) is 6.01. The molecule has 1 aromatic heterocycles. The van der Waals surface area contributed by atoms with Crippen LogP contribution in [0.1, 0.15) is 29.9 Å². The molecule has 0 saturated heterocycles.